The third-order valence-electron chi connectivity index (χ3n) is 2.24. The number of nitriles is 1. The highest BCUT2D eigenvalue weighted by Crippen LogP contribution is 2.09. The van der Waals surface area contributed by atoms with Crippen LogP contribution >= 0.6 is 11.6 Å². The summed E-state index contributed by atoms with van der Waals surface area (Å²) in [5.41, 5.74) is 1.15. The van der Waals surface area contributed by atoms with Crippen LogP contribution in [0.2, 0.25) is 0 Å². The molecule has 0 saturated heterocycles. The molecule has 0 N–H and O–H groups in total. The summed E-state index contributed by atoms with van der Waals surface area (Å²) in [6, 6.07) is 9.13. The Hall–Kier alpha value is -1.86. The minimum atomic E-state index is -0.719. The van der Waals surface area contributed by atoms with Crippen molar-refractivity contribution in [3.63, 3.8) is 0 Å². The molecule has 2 aromatic rings. The van der Waals surface area contributed by atoms with Crippen molar-refractivity contribution in [3.8, 4) is 6.07 Å². The fraction of sp³-hybridized carbons (Fsp3) is 0.182. The van der Waals surface area contributed by atoms with Gasteiger partial charge in [0, 0.05) is 0 Å². The van der Waals surface area contributed by atoms with Crippen LogP contribution < -0.4 is 5.56 Å². The SMILES string of the molecule is N#CC(Cl)Cn1c(=O)cnc2ccccc21. The third-order valence-corrected chi connectivity index (χ3v) is 2.47. The van der Waals surface area contributed by atoms with Crippen molar-refractivity contribution in [1.29, 1.82) is 5.26 Å². The number of rotatable bonds is 2. The van der Waals surface area contributed by atoms with Crippen LogP contribution in [0.3, 0.4) is 0 Å². The average molecular weight is 234 g/mol. The summed E-state index contributed by atoms with van der Waals surface area (Å²) in [5.74, 6) is 0. The number of halogens is 1. The minimum Gasteiger partial charge on any atom is -0.303 e. The molecule has 0 spiro atoms. The standard InChI is InChI=1S/C11H8ClN3O/c12-8(5-13)7-15-10-4-2-1-3-9(10)14-6-11(15)16/h1-4,6,8H,7H2. The lowest BCUT2D eigenvalue weighted by atomic mass is 10.3. The molecular weight excluding hydrogens is 226 g/mol. The summed E-state index contributed by atoms with van der Waals surface area (Å²) in [4.78, 5) is 15.6. The van der Waals surface area contributed by atoms with E-state index in [1.165, 1.54) is 10.8 Å². The Morgan fingerprint density at radius 3 is 3.00 bits per heavy atom. The molecule has 0 saturated carbocycles. The number of hydrogen-bond acceptors (Lipinski definition) is 3. The van der Waals surface area contributed by atoms with E-state index in [-0.39, 0.29) is 12.1 Å². The van der Waals surface area contributed by atoms with Gasteiger partial charge in [0.15, 0.2) is 0 Å². The third kappa shape index (κ3) is 1.90. The molecule has 2 rings (SSSR count). The van der Waals surface area contributed by atoms with Gasteiger partial charge in [-0.05, 0) is 12.1 Å². The lowest BCUT2D eigenvalue weighted by Gasteiger charge is -2.08. The summed E-state index contributed by atoms with van der Waals surface area (Å²) in [5, 5.41) is 7.93. The van der Waals surface area contributed by atoms with Gasteiger partial charge in [-0.2, -0.15) is 5.26 Å². The number of para-hydroxylation sites is 2. The van der Waals surface area contributed by atoms with Crippen LogP contribution in [-0.4, -0.2) is 14.9 Å². The molecule has 1 atom stereocenters. The van der Waals surface area contributed by atoms with Gasteiger partial charge in [0.1, 0.15) is 5.38 Å². The van der Waals surface area contributed by atoms with E-state index in [1.54, 1.807) is 12.1 Å². The summed E-state index contributed by atoms with van der Waals surface area (Å²) in [6.45, 7) is 0.167. The van der Waals surface area contributed by atoms with E-state index in [1.807, 2.05) is 18.2 Å². The van der Waals surface area contributed by atoms with Gasteiger partial charge in [0.25, 0.3) is 5.56 Å². The Labute approximate surface area is 96.7 Å². The molecule has 1 heterocycles. The Morgan fingerprint density at radius 2 is 2.25 bits per heavy atom. The minimum absolute atomic E-state index is 0.167. The zero-order valence-electron chi connectivity index (χ0n) is 8.30. The average Bonchev–Trinajstić information content (AvgIpc) is 2.32. The van der Waals surface area contributed by atoms with Gasteiger partial charge in [0.2, 0.25) is 0 Å². The number of hydrogen-bond donors (Lipinski definition) is 0. The number of fused-ring (bicyclic) bond motifs is 1. The highest BCUT2D eigenvalue weighted by atomic mass is 35.5. The maximum atomic E-state index is 11.6. The lowest BCUT2D eigenvalue weighted by Crippen LogP contribution is -2.24. The molecule has 0 aliphatic heterocycles. The van der Waals surface area contributed by atoms with Gasteiger partial charge in [0.05, 0.1) is 29.8 Å². The van der Waals surface area contributed by atoms with Crippen LogP contribution in [0.5, 0.6) is 0 Å². The summed E-state index contributed by atoms with van der Waals surface area (Å²) in [6.07, 6.45) is 1.24. The molecule has 0 radical (unpaired) electrons. The molecule has 0 amide bonds. The van der Waals surface area contributed by atoms with Gasteiger partial charge in [-0.15, -0.1) is 11.6 Å². The number of nitrogens with zero attached hydrogens (tertiary/aromatic N) is 3. The Kier molecular flexibility index (Phi) is 2.88. The number of benzene rings is 1. The first-order valence-electron chi connectivity index (χ1n) is 4.70. The van der Waals surface area contributed by atoms with E-state index >= 15 is 0 Å². The highest BCUT2D eigenvalue weighted by Gasteiger charge is 2.08. The maximum Gasteiger partial charge on any atom is 0.269 e. The molecule has 16 heavy (non-hydrogen) atoms. The topological polar surface area (TPSA) is 58.7 Å². The van der Waals surface area contributed by atoms with Crippen molar-refractivity contribution in [2.24, 2.45) is 0 Å². The quantitative estimate of drug-likeness (QED) is 0.739. The second-order valence-corrected chi connectivity index (χ2v) is 3.82. The first kappa shape index (κ1) is 10.7. The number of alkyl halides is 1. The largest absolute Gasteiger partial charge is 0.303 e. The summed E-state index contributed by atoms with van der Waals surface area (Å²) < 4.78 is 1.46. The van der Waals surface area contributed by atoms with Gasteiger partial charge in [-0.1, -0.05) is 12.1 Å². The van der Waals surface area contributed by atoms with Crippen LogP contribution in [0.15, 0.2) is 35.3 Å². The smallest absolute Gasteiger partial charge is 0.269 e. The van der Waals surface area contributed by atoms with Crippen LogP contribution in [0.1, 0.15) is 0 Å². The zero-order valence-corrected chi connectivity index (χ0v) is 9.05. The van der Waals surface area contributed by atoms with Crippen LogP contribution in [0.25, 0.3) is 11.0 Å². The predicted octanol–water partition coefficient (Wildman–Crippen LogP) is 1.53. The van der Waals surface area contributed by atoms with Gasteiger partial charge >= 0.3 is 0 Å². The lowest BCUT2D eigenvalue weighted by molar-refractivity contribution is 0.714. The number of aromatic nitrogens is 2. The van der Waals surface area contributed by atoms with Crippen LogP contribution in [-0.2, 0) is 6.54 Å². The molecule has 0 fully saturated rings. The van der Waals surface area contributed by atoms with Gasteiger partial charge in [-0.25, -0.2) is 4.98 Å². The molecular formula is C11H8ClN3O. The maximum absolute atomic E-state index is 11.6. The van der Waals surface area contributed by atoms with Crippen molar-refractivity contribution in [2.45, 2.75) is 11.9 Å². The van der Waals surface area contributed by atoms with E-state index < -0.39 is 5.38 Å². The molecule has 4 nitrogen and oxygen atoms in total. The Morgan fingerprint density at radius 1 is 1.50 bits per heavy atom. The molecule has 0 bridgehead atoms. The first-order valence-corrected chi connectivity index (χ1v) is 5.14. The second-order valence-electron chi connectivity index (χ2n) is 3.29. The van der Waals surface area contributed by atoms with Crippen molar-refractivity contribution < 1.29 is 0 Å². The van der Waals surface area contributed by atoms with Crippen LogP contribution in [0.4, 0.5) is 0 Å². The van der Waals surface area contributed by atoms with Crippen LogP contribution in [0, 0.1) is 11.3 Å². The molecule has 0 aliphatic carbocycles. The molecule has 1 aromatic heterocycles. The Bertz CT molecular complexity index is 614. The van der Waals surface area contributed by atoms with Crippen molar-refractivity contribution >= 4 is 22.6 Å². The second kappa shape index (κ2) is 4.33. The van der Waals surface area contributed by atoms with E-state index in [2.05, 4.69) is 4.98 Å². The van der Waals surface area contributed by atoms with Crippen molar-refractivity contribution in [1.82, 2.24) is 9.55 Å². The summed E-state index contributed by atoms with van der Waals surface area (Å²) >= 11 is 5.73. The van der Waals surface area contributed by atoms with Gasteiger partial charge in [-0.3, -0.25) is 4.79 Å². The fourth-order valence-electron chi connectivity index (χ4n) is 1.50. The molecule has 80 valence electrons. The van der Waals surface area contributed by atoms with E-state index in [4.69, 9.17) is 16.9 Å². The van der Waals surface area contributed by atoms with E-state index in [9.17, 15) is 4.79 Å². The zero-order chi connectivity index (χ0) is 11.5. The fourth-order valence-corrected chi connectivity index (χ4v) is 1.64. The van der Waals surface area contributed by atoms with Crippen molar-refractivity contribution in [2.75, 3.05) is 0 Å². The van der Waals surface area contributed by atoms with Gasteiger partial charge < -0.3 is 4.57 Å². The monoisotopic (exact) mass is 233 g/mol. The first-order chi connectivity index (χ1) is 7.72. The highest BCUT2D eigenvalue weighted by molar-refractivity contribution is 6.22. The normalized spacial score (nSPS) is 12.2. The molecule has 0 aliphatic rings. The predicted molar refractivity (Wildman–Crippen MR) is 61.3 cm³/mol. The molecule has 1 unspecified atom stereocenters. The van der Waals surface area contributed by atoms with E-state index in [0.717, 1.165) is 0 Å². The van der Waals surface area contributed by atoms with E-state index in [0.29, 0.717) is 11.0 Å². The Balaban J connectivity index is 2.63. The molecule has 1 aromatic carbocycles. The van der Waals surface area contributed by atoms with Crippen molar-refractivity contribution in [3.05, 3.63) is 40.8 Å². The molecule has 5 heteroatoms. The summed E-state index contributed by atoms with van der Waals surface area (Å²) in [7, 11) is 0.